The number of methoxy groups -OCH3 is 1. The number of rotatable bonds is 5. The average molecular weight is 241 g/mol. The maximum atomic E-state index is 13.5. The zero-order valence-electron chi connectivity index (χ0n) is 9.37. The Morgan fingerprint density at radius 1 is 1.59 bits per heavy atom. The molecule has 0 aliphatic heterocycles. The molecule has 1 rings (SSSR count). The van der Waals surface area contributed by atoms with Crippen LogP contribution in [0.15, 0.2) is 30.9 Å². The molecular formula is C12H13F2NO2. The van der Waals surface area contributed by atoms with E-state index < -0.39 is 23.6 Å². The monoisotopic (exact) mass is 241 g/mol. The van der Waals surface area contributed by atoms with Crippen LogP contribution in [0.3, 0.4) is 0 Å². The molecular weight excluding hydrogens is 228 g/mol. The molecule has 1 N–H and O–H groups in total. The number of esters is 1. The smallest absolute Gasteiger partial charge is 0.327 e. The van der Waals surface area contributed by atoms with Crippen molar-refractivity contribution in [2.75, 3.05) is 13.7 Å². The number of halogens is 2. The zero-order valence-corrected chi connectivity index (χ0v) is 9.37. The molecule has 17 heavy (non-hydrogen) atoms. The van der Waals surface area contributed by atoms with Crippen molar-refractivity contribution in [2.45, 2.75) is 6.04 Å². The highest BCUT2D eigenvalue weighted by molar-refractivity contribution is 5.77. The number of carbonyl (C=O) groups is 1. The summed E-state index contributed by atoms with van der Waals surface area (Å²) in [4.78, 5) is 11.5. The summed E-state index contributed by atoms with van der Waals surface area (Å²) >= 11 is 0. The molecule has 0 saturated carbocycles. The SMILES string of the molecule is C=CCNC(C(=O)OC)c1cc(F)ccc1F. The first-order valence-electron chi connectivity index (χ1n) is 4.97. The second-order valence-corrected chi connectivity index (χ2v) is 3.32. The minimum Gasteiger partial charge on any atom is -0.468 e. The Balaban J connectivity index is 3.06. The van der Waals surface area contributed by atoms with Crippen LogP contribution in [0.25, 0.3) is 0 Å². The topological polar surface area (TPSA) is 38.3 Å². The molecule has 0 fully saturated rings. The molecule has 92 valence electrons. The van der Waals surface area contributed by atoms with E-state index in [0.29, 0.717) is 0 Å². The Kier molecular flexibility index (Phi) is 4.78. The fraction of sp³-hybridized carbons (Fsp3) is 0.250. The Morgan fingerprint density at radius 2 is 2.29 bits per heavy atom. The minimum absolute atomic E-state index is 0.0845. The van der Waals surface area contributed by atoms with Crippen LogP contribution in [0.5, 0.6) is 0 Å². The molecule has 0 amide bonds. The molecule has 5 heteroatoms. The van der Waals surface area contributed by atoms with E-state index in [2.05, 4.69) is 16.6 Å². The summed E-state index contributed by atoms with van der Waals surface area (Å²) in [7, 11) is 1.18. The number of hydrogen-bond acceptors (Lipinski definition) is 3. The highest BCUT2D eigenvalue weighted by Gasteiger charge is 2.24. The highest BCUT2D eigenvalue weighted by Crippen LogP contribution is 2.19. The number of nitrogens with one attached hydrogen (secondary N) is 1. The largest absolute Gasteiger partial charge is 0.468 e. The second-order valence-electron chi connectivity index (χ2n) is 3.32. The maximum Gasteiger partial charge on any atom is 0.327 e. The van der Waals surface area contributed by atoms with Crippen LogP contribution in [0.1, 0.15) is 11.6 Å². The number of ether oxygens (including phenoxy) is 1. The van der Waals surface area contributed by atoms with Crippen molar-refractivity contribution in [3.05, 3.63) is 48.1 Å². The Labute approximate surface area is 98.1 Å². The first-order chi connectivity index (χ1) is 8.10. The summed E-state index contributed by atoms with van der Waals surface area (Å²) < 4.78 is 31.1. The third-order valence-electron chi connectivity index (χ3n) is 2.17. The molecule has 0 aromatic heterocycles. The van der Waals surface area contributed by atoms with Gasteiger partial charge in [-0.25, -0.2) is 13.6 Å². The van der Waals surface area contributed by atoms with Gasteiger partial charge in [0.2, 0.25) is 0 Å². The first kappa shape index (κ1) is 13.3. The van der Waals surface area contributed by atoms with Crippen LogP contribution in [0.4, 0.5) is 8.78 Å². The average Bonchev–Trinajstić information content (AvgIpc) is 2.33. The lowest BCUT2D eigenvalue weighted by molar-refractivity contribution is -0.143. The summed E-state index contributed by atoms with van der Waals surface area (Å²) in [5.41, 5.74) is -0.0845. The van der Waals surface area contributed by atoms with E-state index >= 15 is 0 Å². The van der Waals surface area contributed by atoms with Gasteiger partial charge in [-0.05, 0) is 18.2 Å². The molecule has 0 aliphatic carbocycles. The van der Waals surface area contributed by atoms with Gasteiger partial charge in [-0.3, -0.25) is 5.32 Å². The lowest BCUT2D eigenvalue weighted by Gasteiger charge is -2.16. The molecule has 0 bridgehead atoms. The minimum atomic E-state index is -1.05. The fourth-order valence-electron chi connectivity index (χ4n) is 1.38. The van der Waals surface area contributed by atoms with Gasteiger partial charge >= 0.3 is 5.97 Å². The molecule has 0 saturated heterocycles. The quantitative estimate of drug-likeness (QED) is 0.632. The van der Waals surface area contributed by atoms with E-state index in [-0.39, 0.29) is 12.1 Å². The fourth-order valence-corrected chi connectivity index (χ4v) is 1.38. The van der Waals surface area contributed by atoms with Crippen molar-refractivity contribution in [1.82, 2.24) is 5.32 Å². The third kappa shape index (κ3) is 3.35. The van der Waals surface area contributed by atoms with Crippen molar-refractivity contribution in [2.24, 2.45) is 0 Å². The Morgan fingerprint density at radius 3 is 2.88 bits per heavy atom. The van der Waals surface area contributed by atoms with E-state index in [0.717, 1.165) is 18.2 Å². The Hall–Kier alpha value is -1.75. The van der Waals surface area contributed by atoms with Gasteiger partial charge < -0.3 is 4.74 Å². The lowest BCUT2D eigenvalue weighted by atomic mass is 10.1. The van der Waals surface area contributed by atoms with Gasteiger partial charge in [-0.1, -0.05) is 6.08 Å². The van der Waals surface area contributed by atoms with Crippen molar-refractivity contribution >= 4 is 5.97 Å². The predicted octanol–water partition coefficient (Wildman–Crippen LogP) is 1.95. The van der Waals surface area contributed by atoms with Crippen LogP contribution in [0.2, 0.25) is 0 Å². The van der Waals surface area contributed by atoms with Crippen LogP contribution in [0, 0.1) is 11.6 Å². The van der Waals surface area contributed by atoms with Gasteiger partial charge in [0.15, 0.2) is 0 Å². The standard InChI is InChI=1S/C12H13F2NO2/c1-3-6-15-11(12(16)17-2)9-7-8(13)4-5-10(9)14/h3-5,7,11,15H,1,6H2,2H3. The van der Waals surface area contributed by atoms with E-state index in [1.807, 2.05) is 0 Å². The van der Waals surface area contributed by atoms with E-state index in [9.17, 15) is 13.6 Å². The maximum absolute atomic E-state index is 13.5. The summed E-state index contributed by atoms with van der Waals surface area (Å²) in [6.45, 7) is 3.74. The number of carbonyl (C=O) groups excluding carboxylic acids is 1. The molecule has 0 heterocycles. The molecule has 0 spiro atoms. The zero-order chi connectivity index (χ0) is 12.8. The van der Waals surface area contributed by atoms with Gasteiger partial charge in [0.05, 0.1) is 7.11 Å². The van der Waals surface area contributed by atoms with Crippen LogP contribution < -0.4 is 5.32 Å². The van der Waals surface area contributed by atoms with Crippen LogP contribution >= 0.6 is 0 Å². The van der Waals surface area contributed by atoms with E-state index in [1.165, 1.54) is 13.2 Å². The van der Waals surface area contributed by atoms with Crippen molar-refractivity contribution in [3.8, 4) is 0 Å². The summed E-state index contributed by atoms with van der Waals surface area (Å²) in [6, 6.07) is 1.87. The predicted molar refractivity (Wildman–Crippen MR) is 59.3 cm³/mol. The van der Waals surface area contributed by atoms with Crippen molar-refractivity contribution in [3.63, 3.8) is 0 Å². The second kappa shape index (κ2) is 6.10. The number of benzene rings is 1. The van der Waals surface area contributed by atoms with E-state index in [4.69, 9.17) is 0 Å². The van der Waals surface area contributed by atoms with Crippen LogP contribution in [-0.4, -0.2) is 19.6 Å². The molecule has 0 aliphatic rings. The molecule has 1 aromatic rings. The normalized spacial score (nSPS) is 11.9. The van der Waals surface area contributed by atoms with Crippen molar-refractivity contribution < 1.29 is 18.3 Å². The highest BCUT2D eigenvalue weighted by atomic mass is 19.1. The number of hydrogen-bond donors (Lipinski definition) is 1. The summed E-state index contributed by atoms with van der Waals surface area (Å²) in [5, 5.41) is 2.71. The van der Waals surface area contributed by atoms with E-state index in [1.54, 1.807) is 0 Å². The molecule has 1 unspecified atom stereocenters. The van der Waals surface area contributed by atoms with Gasteiger partial charge in [-0.2, -0.15) is 0 Å². The van der Waals surface area contributed by atoms with Crippen molar-refractivity contribution in [1.29, 1.82) is 0 Å². The summed E-state index contributed by atoms with van der Waals surface area (Å²) in [5.74, 6) is -1.97. The molecule has 1 aromatic carbocycles. The Bertz CT molecular complexity index is 421. The molecule has 0 radical (unpaired) electrons. The summed E-state index contributed by atoms with van der Waals surface area (Å²) in [6.07, 6.45) is 1.51. The van der Waals surface area contributed by atoms with Gasteiger partial charge in [-0.15, -0.1) is 6.58 Å². The van der Waals surface area contributed by atoms with Gasteiger partial charge in [0.1, 0.15) is 17.7 Å². The molecule has 1 atom stereocenters. The first-order valence-corrected chi connectivity index (χ1v) is 4.97. The van der Waals surface area contributed by atoms with Gasteiger partial charge in [0.25, 0.3) is 0 Å². The van der Waals surface area contributed by atoms with Gasteiger partial charge in [0, 0.05) is 12.1 Å². The lowest BCUT2D eigenvalue weighted by Crippen LogP contribution is -2.30. The van der Waals surface area contributed by atoms with Crippen LogP contribution in [-0.2, 0) is 9.53 Å². The molecule has 3 nitrogen and oxygen atoms in total. The third-order valence-corrected chi connectivity index (χ3v) is 2.17.